The number of pyridine rings is 1. The number of para-hydroxylation sites is 1. The van der Waals surface area contributed by atoms with Crippen LogP contribution >= 0.6 is 0 Å². The lowest BCUT2D eigenvalue weighted by Gasteiger charge is -2.13. The van der Waals surface area contributed by atoms with Gasteiger partial charge >= 0.3 is 0 Å². The number of anilines is 1. The van der Waals surface area contributed by atoms with E-state index in [0.29, 0.717) is 22.5 Å². The van der Waals surface area contributed by atoms with E-state index in [1.165, 1.54) is 0 Å². The normalized spacial score (nSPS) is 12.7. The molecule has 120 valence electrons. The van der Waals surface area contributed by atoms with Gasteiger partial charge in [-0.15, -0.1) is 0 Å². The molecule has 1 aromatic carbocycles. The Bertz CT molecular complexity index is 795. The van der Waals surface area contributed by atoms with E-state index in [2.05, 4.69) is 34.1 Å². The second-order valence-electron chi connectivity index (χ2n) is 5.84. The lowest BCUT2D eigenvalue weighted by molar-refractivity contribution is 0.677. The molecule has 3 aromatic rings. The molecule has 2 aromatic heterocycles. The van der Waals surface area contributed by atoms with Gasteiger partial charge in [-0.3, -0.25) is 4.21 Å². The van der Waals surface area contributed by atoms with Gasteiger partial charge in [0.2, 0.25) is 0 Å². The van der Waals surface area contributed by atoms with Crippen molar-refractivity contribution in [2.45, 2.75) is 24.8 Å². The third-order valence-electron chi connectivity index (χ3n) is 3.46. The van der Waals surface area contributed by atoms with E-state index in [-0.39, 0.29) is 0 Å². The van der Waals surface area contributed by atoms with Crippen LogP contribution in [-0.4, -0.2) is 25.7 Å². The van der Waals surface area contributed by atoms with E-state index in [1.807, 2.05) is 36.4 Å². The molecule has 1 atom stereocenters. The molecule has 0 fully saturated rings. The van der Waals surface area contributed by atoms with Gasteiger partial charge in [-0.05, 0) is 29.7 Å². The first-order chi connectivity index (χ1) is 11.1. The largest absolute Gasteiger partial charge is 0.385 e. The van der Waals surface area contributed by atoms with Crippen LogP contribution in [0.5, 0.6) is 0 Å². The third kappa shape index (κ3) is 3.76. The van der Waals surface area contributed by atoms with Gasteiger partial charge in [0.05, 0.1) is 22.1 Å². The molecule has 0 saturated carbocycles. The van der Waals surface area contributed by atoms with Gasteiger partial charge in [-0.25, -0.2) is 9.97 Å². The van der Waals surface area contributed by atoms with Gasteiger partial charge < -0.3 is 10.3 Å². The quantitative estimate of drug-likeness (QED) is 0.728. The van der Waals surface area contributed by atoms with Crippen LogP contribution in [0.4, 0.5) is 5.69 Å². The summed E-state index contributed by atoms with van der Waals surface area (Å²) >= 11 is 0. The van der Waals surface area contributed by atoms with Crippen molar-refractivity contribution >= 4 is 27.7 Å². The number of H-pyrrole nitrogens is 1. The summed E-state index contributed by atoms with van der Waals surface area (Å²) in [4.78, 5) is 11.6. The number of nitrogens with zero attached hydrogens (tertiary/aromatic N) is 2. The maximum absolute atomic E-state index is 12.6. The van der Waals surface area contributed by atoms with Crippen molar-refractivity contribution in [3.63, 3.8) is 0 Å². The highest BCUT2D eigenvalue weighted by Crippen LogP contribution is 2.20. The number of fused-ring (bicyclic) bond motifs is 1. The van der Waals surface area contributed by atoms with Crippen molar-refractivity contribution in [1.29, 1.82) is 0 Å². The molecule has 0 aliphatic heterocycles. The van der Waals surface area contributed by atoms with Crippen LogP contribution in [0.1, 0.15) is 19.4 Å². The summed E-state index contributed by atoms with van der Waals surface area (Å²) < 4.78 is 12.6. The summed E-state index contributed by atoms with van der Waals surface area (Å²) in [5.74, 6) is 0.969. The maximum atomic E-state index is 12.6. The highest BCUT2D eigenvalue weighted by Gasteiger charge is 2.13. The van der Waals surface area contributed by atoms with Gasteiger partial charge in [0, 0.05) is 18.4 Å². The molecular weight excluding hydrogens is 308 g/mol. The summed E-state index contributed by atoms with van der Waals surface area (Å²) in [7, 11) is -1.24. The van der Waals surface area contributed by atoms with Crippen LogP contribution in [0.3, 0.4) is 0 Å². The summed E-state index contributed by atoms with van der Waals surface area (Å²) in [5, 5.41) is 3.89. The van der Waals surface area contributed by atoms with E-state index in [1.54, 1.807) is 6.20 Å². The molecule has 23 heavy (non-hydrogen) atoms. The number of hydrogen-bond donors (Lipinski definition) is 2. The molecule has 0 amide bonds. The number of rotatable bonds is 6. The Hall–Kier alpha value is -2.21. The third-order valence-corrected chi connectivity index (χ3v) is 4.65. The van der Waals surface area contributed by atoms with Crippen molar-refractivity contribution in [1.82, 2.24) is 15.0 Å². The summed E-state index contributed by atoms with van der Waals surface area (Å²) in [5.41, 5.74) is 3.47. The van der Waals surface area contributed by atoms with Crippen LogP contribution < -0.4 is 5.32 Å². The Labute approximate surface area is 138 Å². The molecule has 6 heteroatoms. The van der Waals surface area contributed by atoms with Gasteiger partial charge in [0.25, 0.3) is 0 Å². The minimum atomic E-state index is -1.24. The van der Waals surface area contributed by atoms with E-state index in [9.17, 15) is 4.21 Å². The van der Waals surface area contributed by atoms with Crippen molar-refractivity contribution in [3.8, 4) is 0 Å². The van der Waals surface area contributed by atoms with Crippen molar-refractivity contribution in [2.24, 2.45) is 5.92 Å². The lowest BCUT2D eigenvalue weighted by Crippen LogP contribution is -2.10. The monoisotopic (exact) mass is 328 g/mol. The van der Waals surface area contributed by atoms with E-state index >= 15 is 0 Å². The molecule has 1 unspecified atom stereocenters. The zero-order chi connectivity index (χ0) is 16.2. The molecule has 2 heterocycles. The van der Waals surface area contributed by atoms with Crippen LogP contribution in [0.2, 0.25) is 0 Å². The smallest absolute Gasteiger partial charge is 0.199 e. The number of nitrogens with one attached hydrogen (secondary N) is 2. The molecule has 0 spiro atoms. The summed E-state index contributed by atoms with van der Waals surface area (Å²) in [6.07, 6.45) is 1.68. The zero-order valence-electron chi connectivity index (χ0n) is 13.2. The Morgan fingerprint density at radius 2 is 2.04 bits per heavy atom. The fourth-order valence-electron chi connectivity index (χ4n) is 2.27. The minimum absolute atomic E-state index is 0.418. The molecule has 0 radical (unpaired) electrons. The second kappa shape index (κ2) is 6.91. The number of benzene rings is 1. The Morgan fingerprint density at radius 1 is 1.22 bits per heavy atom. The SMILES string of the molecule is CC(C)CNc1ccccc1CS(=O)c1nc2ncccc2[nH]1. The topological polar surface area (TPSA) is 70.7 Å². The Kier molecular flexibility index (Phi) is 4.71. The first-order valence-electron chi connectivity index (χ1n) is 7.64. The molecule has 5 nitrogen and oxygen atoms in total. The molecule has 0 aliphatic carbocycles. The van der Waals surface area contributed by atoms with Crippen LogP contribution in [0, 0.1) is 5.92 Å². The predicted octanol–water partition coefficient (Wildman–Crippen LogP) is 3.33. The molecule has 0 aliphatic rings. The van der Waals surface area contributed by atoms with Gasteiger partial charge in [-0.1, -0.05) is 32.0 Å². The number of hydrogen-bond acceptors (Lipinski definition) is 4. The van der Waals surface area contributed by atoms with E-state index < -0.39 is 10.8 Å². The van der Waals surface area contributed by atoms with Crippen molar-refractivity contribution in [3.05, 3.63) is 48.2 Å². The fraction of sp³-hybridized carbons (Fsp3) is 0.294. The number of aromatic nitrogens is 3. The lowest BCUT2D eigenvalue weighted by atomic mass is 10.1. The standard InChI is InChI=1S/C17H20N4OS/c1-12(2)10-19-14-7-4-3-6-13(14)11-23(22)17-20-15-8-5-9-18-16(15)21-17/h3-9,12,19H,10-11H2,1-2H3,(H,18,20,21). The van der Waals surface area contributed by atoms with Crippen molar-refractivity contribution in [2.75, 3.05) is 11.9 Å². The molecular formula is C17H20N4OS. The average Bonchev–Trinajstić information content (AvgIpc) is 2.98. The van der Waals surface area contributed by atoms with Gasteiger partial charge in [0.15, 0.2) is 10.8 Å². The average molecular weight is 328 g/mol. The first-order valence-corrected chi connectivity index (χ1v) is 8.96. The van der Waals surface area contributed by atoms with E-state index in [0.717, 1.165) is 23.3 Å². The Balaban J connectivity index is 1.79. The second-order valence-corrected chi connectivity index (χ2v) is 7.20. The zero-order valence-corrected chi connectivity index (χ0v) is 14.1. The summed E-state index contributed by atoms with van der Waals surface area (Å²) in [6.45, 7) is 5.21. The Morgan fingerprint density at radius 3 is 2.83 bits per heavy atom. The fourth-order valence-corrected chi connectivity index (χ4v) is 3.36. The van der Waals surface area contributed by atoms with Gasteiger partial charge in [0.1, 0.15) is 0 Å². The predicted molar refractivity (Wildman–Crippen MR) is 93.8 cm³/mol. The highest BCUT2D eigenvalue weighted by atomic mass is 32.2. The molecule has 2 N–H and O–H groups in total. The van der Waals surface area contributed by atoms with Crippen molar-refractivity contribution < 1.29 is 4.21 Å². The first kappa shape index (κ1) is 15.7. The molecule has 0 bridgehead atoms. The minimum Gasteiger partial charge on any atom is -0.385 e. The summed E-state index contributed by atoms with van der Waals surface area (Å²) in [6, 6.07) is 11.7. The van der Waals surface area contributed by atoms with Crippen LogP contribution in [0.15, 0.2) is 47.8 Å². The number of imidazole rings is 1. The number of aromatic amines is 1. The van der Waals surface area contributed by atoms with Gasteiger partial charge in [-0.2, -0.15) is 0 Å². The van der Waals surface area contributed by atoms with Crippen LogP contribution in [0.25, 0.3) is 11.2 Å². The van der Waals surface area contributed by atoms with E-state index in [4.69, 9.17) is 0 Å². The van der Waals surface area contributed by atoms with Crippen LogP contribution in [-0.2, 0) is 16.6 Å². The highest BCUT2D eigenvalue weighted by molar-refractivity contribution is 7.84. The maximum Gasteiger partial charge on any atom is 0.199 e. The molecule has 0 saturated heterocycles. The molecule has 3 rings (SSSR count).